The van der Waals surface area contributed by atoms with Gasteiger partial charge in [0.1, 0.15) is 12.4 Å². The van der Waals surface area contributed by atoms with E-state index in [-0.39, 0.29) is 24.0 Å². The summed E-state index contributed by atoms with van der Waals surface area (Å²) in [5.41, 5.74) is 0. The van der Waals surface area contributed by atoms with Gasteiger partial charge in [0.25, 0.3) is 0 Å². The van der Waals surface area contributed by atoms with Crippen LogP contribution in [0.2, 0.25) is 0 Å². The number of aromatic nitrogens is 1. The van der Waals surface area contributed by atoms with Crippen molar-refractivity contribution in [2.45, 2.75) is 13.5 Å². The summed E-state index contributed by atoms with van der Waals surface area (Å²) >= 11 is 0. The molecule has 0 unspecified atom stereocenters. The minimum absolute atomic E-state index is 0. The van der Waals surface area contributed by atoms with E-state index in [0.717, 1.165) is 25.2 Å². The van der Waals surface area contributed by atoms with E-state index in [0.29, 0.717) is 31.4 Å². The van der Waals surface area contributed by atoms with Crippen molar-refractivity contribution in [2.24, 2.45) is 4.99 Å². The predicted octanol–water partition coefficient (Wildman–Crippen LogP) is 3.02. The molecule has 5 nitrogen and oxygen atoms in total. The second kappa shape index (κ2) is 11.7. The van der Waals surface area contributed by atoms with Gasteiger partial charge in [-0.2, -0.15) is 0 Å². The fourth-order valence-corrected chi connectivity index (χ4v) is 2.04. The number of aliphatic imine (C=N–C) groups is 1. The third kappa shape index (κ3) is 7.72. The molecule has 138 valence electrons. The molecule has 8 heteroatoms. The van der Waals surface area contributed by atoms with Crippen LogP contribution in [0.1, 0.15) is 6.92 Å². The first kappa shape index (κ1) is 21.2. The smallest absolute Gasteiger partial charge is 0.191 e. The average Bonchev–Trinajstić information content (AvgIpc) is 3.08. The molecule has 1 heterocycles. The molecule has 1 aromatic carbocycles. The van der Waals surface area contributed by atoms with Gasteiger partial charge in [0.2, 0.25) is 0 Å². The van der Waals surface area contributed by atoms with Crippen molar-refractivity contribution in [3.8, 4) is 5.75 Å². The summed E-state index contributed by atoms with van der Waals surface area (Å²) in [7, 11) is 0. The Kier molecular flexibility index (Phi) is 9.90. The monoisotopic (exact) mass is 464 g/mol. The second-order valence-electron chi connectivity index (χ2n) is 5.03. The highest BCUT2D eigenvalue weighted by atomic mass is 127. The molecule has 0 bridgehead atoms. The summed E-state index contributed by atoms with van der Waals surface area (Å²) in [6.07, 6.45) is 3.98. The maximum atomic E-state index is 13.1. The van der Waals surface area contributed by atoms with Gasteiger partial charge in [-0.3, -0.25) is 4.99 Å². The van der Waals surface area contributed by atoms with Crippen molar-refractivity contribution in [1.82, 2.24) is 15.2 Å². The van der Waals surface area contributed by atoms with Gasteiger partial charge in [0.05, 0.1) is 13.1 Å². The zero-order chi connectivity index (χ0) is 17.2. The van der Waals surface area contributed by atoms with E-state index < -0.39 is 11.6 Å². The van der Waals surface area contributed by atoms with Crippen LogP contribution in [-0.4, -0.2) is 36.8 Å². The summed E-state index contributed by atoms with van der Waals surface area (Å²) in [5.74, 6) is -0.811. The molecule has 0 aliphatic heterocycles. The van der Waals surface area contributed by atoms with Crippen LogP contribution >= 0.6 is 24.0 Å². The number of ether oxygens (including phenoxy) is 1. The third-order valence-electron chi connectivity index (χ3n) is 3.19. The highest BCUT2D eigenvalue weighted by molar-refractivity contribution is 14.0. The molecule has 2 rings (SSSR count). The number of hydrogen-bond donors (Lipinski definition) is 2. The molecule has 1 aromatic heterocycles. The number of rotatable bonds is 8. The van der Waals surface area contributed by atoms with E-state index in [1.54, 1.807) is 0 Å². The molecular weight excluding hydrogens is 441 g/mol. The summed E-state index contributed by atoms with van der Waals surface area (Å²) in [5, 5.41) is 6.28. The zero-order valence-corrected chi connectivity index (χ0v) is 16.4. The zero-order valence-electron chi connectivity index (χ0n) is 14.0. The van der Waals surface area contributed by atoms with E-state index in [1.165, 1.54) is 6.07 Å². The molecule has 0 saturated carbocycles. The number of hydrogen-bond acceptors (Lipinski definition) is 2. The van der Waals surface area contributed by atoms with Crippen molar-refractivity contribution < 1.29 is 13.5 Å². The fourth-order valence-electron chi connectivity index (χ4n) is 2.04. The third-order valence-corrected chi connectivity index (χ3v) is 3.19. The van der Waals surface area contributed by atoms with E-state index in [2.05, 4.69) is 20.2 Å². The summed E-state index contributed by atoms with van der Waals surface area (Å²) < 4.78 is 33.3. The first-order chi connectivity index (χ1) is 11.7. The Morgan fingerprint density at radius 1 is 1.16 bits per heavy atom. The van der Waals surface area contributed by atoms with Crippen molar-refractivity contribution in [3.05, 3.63) is 54.4 Å². The number of guanidine groups is 1. The Morgan fingerprint density at radius 3 is 2.60 bits per heavy atom. The van der Waals surface area contributed by atoms with E-state index in [9.17, 15) is 8.78 Å². The number of benzene rings is 1. The minimum atomic E-state index is -0.916. The first-order valence-electron chi connectivity index (χ1n) is 7.90. The van der Waals surface area contributed by atoms with Gasteiger partial charge in [-0.25, -0.2) is 8.78 Å². The second-order valence-corrected chi connectivity index (χ2v) is 5.03. The van der Waals surface area contributed by atoms with Gasteiger partial charge >= 0.3 is 0 Å². The Labute approximate surface area is 163 Å². The molecule has 0 aliphatic rings. The predicted molar refractivity (Wildman–Crippen MR) is 106 cm³/mol. The number of nitrogens with one attached hydrogen (secondary N) is 2. The lowest BCUT2D eigenvalue weighted by atomic mass is 10.3. The topological polar surface area (TPSA) is 50.6 Å². The molecule has 2 N–H and O–H groups in total. The lowest BCUT2D eigenvalue weighted by Gasteiger charge is -2.12. The van der Waals surface area contributed by atoms with Gasteiger partial charge in [0.15, 0.2) is 17.6 Å². The molecule has 0 spiro atoms. The van der Waals surface area contributed by atoms with E-state index >= 15 is 0 Å². The molecule has 0 aliphatic carbocycles. The largest absolute Gasteiger partial charge is 0.492 e. The number of nitrogens with zero attached hydrogens (tertiary/aromatic N) is 2. The van der Waals surface area contributed by atoms with Gasteiger partial charge in [-0.05, 0) is 31.2 Å². The average molecular weight is 464 g/mol. The Balaban J connectivity index is 0.00000312. The molecule has 0 saturated heterocycles. The van der Waals surface area contributed by atoms with Gasteiger partial charge in [-0.1, -0.05) is 0 Å². The lowest BCUT2D eigenvalue weighted by molar-refractivity contribution is 0.318. The highest BCUT2D eigenvalue weighted by Gasteiger charge is 2.03. The van der Waals surface area contributed by atoms with E-state index in [4.69, 9.17) is 4.74 Å². The van der Waals surface area contributed by atoms with Crippen LogP contribution in [-0.2, 0) is 6.54 Å². The van der Waals surface area contributed by atoms with Crippen molar-refractivity contribution in [3.63, 3.8) is 0 Å². The maximum absolute atomic E-state index is 13.1. The van der Waals surface area contributed by atoms with Crippen LogP contribution in [0.4, 0.5) is 8.78 Å². The van der Waals surface area contributed by atoms with Crippen LogP contribution in [0.15, 0.2) is 47.7 Å². The molecule has 25 heavy (non-hydrogen) atoms. The SMILES string of the molecule is CCNC(=NCCn1cccc1)NCCOc1ccc(F)c(F)c1.I. The molecule has 0 atom stereocenters. The van der Waals surface area contributed by atoms with Gasteiger partial charge in [0, 0.05) is 31.5 Å². The fraction of sp³-hybridized carbons (Fsp3) is 0.353. The van der Waals surface area contributed by atoms with Crippen molar-refractivity contribution in [2.75, 3.05) is 26.2 Å². The van der Waals surface area contributed by atoms with Crippen LogP contribution in [0.3, 0.4) is 0 Å². The number of halogens is 3. The summed E-state index contributed by atoms with van der Waals surface area (Å²) in [4.78, 5) is 4.47. The van der Waals surface area contributed by atoms with Crippen LogP contribution in [0.25, 0.3) is 0 Å². The quantitative estimate of drug-likeness (QED) is 0.274. The van der Waals surface area contributed by atoms with Crippen molar-refractivity contribution in [1.29, 1.82) is 0 Å². The van der Waals surface area contributed by atoms with Crippen LogP contribution in [0, 0.1) is 11.6 Å². The van der Waals surface area contributed by atoms with Crippen molar-refractivity contribution >= 4 is 29.9 Å². The standard InChI is InChI=1S/C17H22F2N4O.HI/c1-2-20-17(21-7-11-23-9-3-4-10-23)22-8-12-24-14-5-6-15(18)16(19)13-14;/h3-6,9-10,13H,2,7-8,11-12H2,1H3,(H2,20,21,22);1H. The molecule has 0 radical (unpaired) electrons. The normalized spacial score (nSPS) is 10.9. The maximum Gasteiger partial charge on any atom is 0.191 e. The Morgan fingerprint density at radius 2 is 1.92 bits per heavy atom. The van der Waals surface area contributed by atoms with Gasteiger partial charge < -0.3 is 19.9 Å². The first-order valence-corrected chi connectivity index (χ1v) is 7.90. The Bertz CT molecular complexity index is 650. The molecule has 0 amide bonds. The lowest BCUT2D eigenvalue weighted by Crippen LogP contribution is -2.39. The summed E-state index contributed by atoms with van der Waals surface area (Å²) in [6, 6.07) is 7.43. The molecule has 0 fully saturated rings. The van der Waals surface area contributed by atoms with Crippen LogP contribution in [0.5, 0.6) is 5.75 Å². The molecule has 2 aromatic rings. The minimum Gasteiger partial charge on any atom is -0.492 e. The Hall–Kier alpha value is -1.84. The van der Waals surface area contributed by atoms with E-state index in [1.807, 2.05) is 31.5 Å². The summed E-state index contributed by atoms with van der Waals surface area (Å²) in [6.45, 7) is 4.99. The highest BCUT2D eigenvalue weighted by Crippen LogP contribution is 2.14. The van der Waals surface area contributed by atoms with Crippen LogP contribution < -0.4 is 15.4 Å². The molecular formula is C17H23F2IN4O. The van der Waals surface area contributed by atoms with Gasteiger partial charge in [-0.15, -0.1) is 24.0 Å².